The maximum absolute atomic E-state index is 13.9. The van der Waals surface area contributed by atoms with E-state index < -0.39 is 19.1 Å². The van der Waals surface area contributed by atoms with Crippen LogP contribution in [-0.2, 0) is 37.1 Å². The number of fused-ring (bicyclic) bond motifs is 2. The highest BCUT2D eigenvalue weighted by molar-refractivity contribution is 8.18. The predicted molar refractivity (Wildman–Crippen MR) is 161 cm³/mol. The second-order valence-corrected chi connectivity index (χ2v) is 12.5. The molecule has 1 aliphatic rings. The van der Waals surface area contributed by atoms with Crippen LogP contribution in [0.1, 0.15) is 28.7 Å². The summed E-state index contributed by atoms with van der Waals surface area (Å²) in [6.07, 6.45) is 0.377. The smallest absolute Gasteiger partial charge is 0.468 e. The number of nitrogens with zero attached hydrogens (tertiary/aromatic N) is 1. The van der Waals surface area contributed by atoms with Crippen LogP contribution < -0.4 is 4.90 Å². The number of thioether (sulfide) groups is 1. The van der Waals surface area contributed by atoms with Gasteiger partial charge in [-0.3, -0.25) is 4.52 Å². The van der Waals surface area contributed by atoms with Gasteiger partial charge in [-0.2, -0.15) is 0 Å². The van der Waals surface area contributed by atoms with Crippen LogP contribution in [-0.4, -0.2) is 16.9 Å². The van der Waals surface area contributed by atoms with Crippen LogP contribution in [0.4, 0.5) is 11.4 Å². The van der Waals surface area contributed by atoms with Crippen LogP contribution in [0.15, 0.2) is 113 Å². The van der Waals surface area contributed by atoms with Gasteiger partial charge in [0, 0.05) is 41.2 Å². The topological polar surface area (TPSA) is 69.7 Å². The van der Waals surface area contributed by atoms with Crippen molar-refractivity contribution in [3.8, 4) is 0 Å². The van der Waals surface area contributed by atoms with Crippen molar-refractivity contribution in [1.29, 1.82) is 0 Å². The van der Waals surface area contributed by atoms with Crippen molar-refractivity contribution < 1.29 is 18.2 Å². The molecule has 0 saturated carbocycles. The first kappa shape index (κ1) is 27.5. The number of rotatable bonds is 11. The maximum atomic E-state index is 13.9. The molecular formula is C31H28NO4PS2. The Labute approximate surface area is 237 Å². The van der Waals surface area contributed by atoms with Crippen molar-refractivity contribution in [2.45, 2.75) is 18.7 Å². The molecule has 5 rings (SSSR count). The van der Waals surface area contributed by atoms with Gasteiger partial charge in [0.25, 0.3) is 0 Å². The maximum Gasteiger partial charge on any atom is 0.468 e. The third-order valence-corrected chi connectivity index (χ3v) is 9.93. The minimum Gasteiger partial charge on any atom is -0.611 e. The van der Waals surface area contributed by atoms with E-state index in [9.17, 15) is 13.7 Å². The van der Waals surface area contributed by atoms with E-state index >= 15 is 0 Å². The highest BCUT2D eigenvalue weighted by Gasteiger charge is 2.32. The van der Waals surface area contributed by atoms with Crippen molar-refractivity contribution >= 4 is 47.8 Å². The summed E-state index contributed by atoms with van der Waals surface area (Å²) >= 11 is 0.226. The Balaban J connectivity index is 1.59. The van der Waals surface area contributed by atoms with Crippen LogP contribution in [0.5, 0.6) is 0 Å². The fourth-order valence-electron chi connectivity index (χ4n) is 4.67. The van der Waals surface area contributed by atoms with Crippen LogP contribution in [0, 0.1) is 0 Å². The fourth-order valence-corrected chi connectivity index (χ4v) is 7.77. The summed E-state index contributed by atoms with van der Waals surface area (Å²) in [6, 6.07) is 37.1. The number of hydrogen-bond acceptors (Lipinski definition) is 6. The minimum atomic E-state index is -2.91. The molecule has 0 aromatic heterocycles. The molecule has 8 heteroatoms. The predicted octanol–water partition coefficient (Wildman–Crippen LogP) is 8.23. The summed E-state index contributed by atoms with van der Waals surface area (Å²) in [4.78, 5) is 2.32. The molecule has 5 nitrogen and oxygen atoms in total. The molecule has 1 aliphatic heterocycles. The van der Waals surface area contributed by atoms with E-state index in [1.807, 2.05) is 48.5 Å². The normalized spacial score (nSPS) is 12.9. The van der Waals surface area contributed by atoms with Gasteiger partial charge < -0.3 is 9.45 Å². The molecule has 39 heavy (non-hydrogen) atoms. The average Bonchev–Trinajstić information content (AvgIpc) is 2.97. The van der Waals surface area contributed by atoms with Gasteiger partial charge >= 0.3 is 7.91 Å². The first-order valence-electron chi connectivity index (χ1n) is 12.7. The molecule has 0 N–H and O–H groups in total. The molecule has 0 bridgehead atoms. The van der Waals surface area contributed by atoms with Crippen LogP contribution >= 0.6 is 19.7 Å². The first-order valence-corrected chi connectivity index (χ1v) is 16.1. The number of anilines is 2. The molecule has 0 saturated heterocycles. The molecule has 0 fully saturated rings. The molecule has 4 aromatic carbocycles. The summed E-state index contributed by atoms with van der Waals surface area (Å²) in [5.41, 5.74) is 7.53. The second kappa shape index (κ2) is 13.3. The summed E-state index contributed by atoms with van der Waals surface area (Å²) in [5, 5.41) is 0. The van der Waals surface area contributed by atoms with Gasteiger partial charge in [-0.25, -0.2) is 9.13 Å². The van der Waals surface area contributed by atoms with Crippen molar-refractivity contribution in [1.82, 2.24) is 0 Å². The lowest BCUT2D eigenvalue weighted by Gasteiger charge is -2.35. The van der Waals surface area contributed by atoms with Crippen molar-refractivity contribution in [2.75, 3.05) is 17.3 Å². The van der Waals surface area contributed by atoms with E-state index in [1.165, 1.54) is 5.56 Å². The number of para-hydroxylation sites is 2. The Kier molecular flexibility index (Phi) is 9.40. The van der Waals surface area contributed by atoms with Crippen LogP contribution in [0.2, 0.25) is 0 Å². The summed E-state index contributed by atoms with van der Waals surface area (Å²) in [6.45, 7) is 0.733. The van der Waals surface area contributed by atoms with E-state index in [2.05, 4.69) is 65.6 Å². The van der Waals surface area contributed by atoms with Crippen LogP contribution in [0.3, 0.4) is 0 Å². The van der Waals surface area contributed by atoms with Gasteiger partial charge in [0.1, 0.15) is 5.75 Å². The van der Waals surface area contributed by atoms with E-state index in [-0.39, 0.29) is 6.61 Å². The Bertz CT molecular complexity index is 1450. The quantitative estimate of drug-likeness (QED) is 0.102. The monoisotopic (exact) mass is 573 g/mol. The average molecular weight is 574 g/mol. The highest BCUT2D eigenvalue weighted by Crippen LogP contribution is 2.49. The molecule has 0 amide bonds. The third-order valence-electron chi connectivity index (χ3n) is 6.41. The van der Waals surface area contributed by atoms with E-state index in [4.69, 9.17) is 4.52 Å². The lowest BCUT2D eigenvalue weighted by molar-refractivity contribution is 0.304. The zero-order chi connectivity index (χ0) is 27.0. The molecule has 198 valence electrons. The third kappa shape index (κ3) is 6.75. The van der Waals surface area contributed by atoms with Gasteiger partial charge in [-0.05, 0) is 34.4 Å². The zero-order valence-electron chi connectivity index (χ0n) is 21.3. The molecular weight excluding hydrogens is 545 g/mol. The second-order valence-electron chi connectivity index (χ2n) is 9.00. The lowest BCUT2D eigenvalue weighted by Crippen LogP contribution is -2.24. The molecule has 1 atom stereocenters. The first-order chi connectivity index (χ1) is 19.1. The molecule has 1 unspecified atom stereocenters. The van der Waals surface area contributed by atoms with Crippen molar-refractivity contribution in [3.63, 3.8) is 0 Å². The Morgan fingerprint density at radius 3 is 1.90 bits per heavy atom. The summed E-state index contributed by atoms with van der Waals surface area (Å²) in [7, 11) is -2.91. The van der Waals surface area contributed by atoms with Crippen molar-refractivity contribution in [3.05, 3.63) is 136 Å². The standard InChI is InChI=1S/C31H28NO4PS2/c33-37(34)36-20-11-21-39(35)31(38-23-25-14-5-2-6-15-25)30-26-16-7-9-18-28(26)32(22-24-12-3-1-4-13-24)29-19-10-8-17-27(29)30/h1-10,12-19H,11,20-23H2. The number of hydrogen-bond donors (Lipinski definition) is 0. The summed E-state index contributed by atoms with van der Waals surface area (Å²) < 4.78 is 41.1. The van der Waals surface area contributed by atoms with Gasteiger partial charge in [0.2, 0.25) is 0 Å². The molecule has 0 radical (unpaired) electrons. The Morgan fingerprint density at radius 1 is 0.769 bits per heavy atom. The SMILES string of the molecule is O=P(=O)OCCC[S+]([O-])C(SCc1ccccc1)=C1c2ccccc2N(Cc2ccccc2)c2ccccc21. The lowest BCUT2D eigenvalue weighted by atomic mass is 9.91. The van der Waals surface area contributed by atoms with Gasteiger partial charge in [0.05, 0.1) is 12.2 Å². The minimum absolute atomic E-state index is 0.0223. The molecule has 0 aliphatic carbocycles. The van der Waals surface area contributed by atoms with Crippen molar-refractivity contribution in [2.24, 2.45) is 0 Å². The summed E-state index contributed by atoms with van der Waals surface area (Å²) in [5.74, 6) is 0.980. The molecule has 0 spiro atoms. The highest BCUT2D eigenvalue weighted by atomic mass is 32.3. The Hall–Kier alpha value is -3.06. The van der Waals surface area contributed by atoms with E-state index in [0.717, 1.165) is 37.9 Å². The largest absolute Gasteiger partial charge is 0.611 e. The fraction of sp³-hybridized carbons (Fsp3) is 0.161. The Morgan fingerprint density at radius 2 is 1.31 bits per heavy atom. The van der Waals surface area contributed by atoms with E-state index in [0.29, 0.717) is 24.5 Å². The van der Waals surface area contributed by atoms with Gasteiger partial charge in [-0.1, -0.05) is 109 Å². The number of benzene rings is 4. The van der Waals surface area contributed by atoms with Crippen LogP contribution in [0.25, 0.3) is 5.57 Å². The van der Waals surface area contributed by atoms with Gasteiger partial charge in [-0.15, -0.1) is 0 Å². The van der Waals surface area contributed by atoms with E-state index in [1.54, 1.807) is 11.8 Å². The zero-order valence-corrected chi connectivity index (χ0v) is 23.8. The molecule has 4 aromatic rings. The molecule has 1 heterocycles. The van der Waals surface area contributed by atoms with Gasteiger partial charge in [0.15, 0.2) is 4.24 Å².